The minimum atomic E-state index is -0.476. The summed E-state index contributed by atoms with van der Waals surface area (Å²) in [6.45, 7) is 6.04. The number of rotatable bonds is 6. The second-order valence-electron chi connectivity index (χ2n) is 7.38. The van der Waals surface area contributed by atoms with E-state index in [1.54, 1.807) is 26.0 Å². The van der Waals surface area contributed by atoms with Crippen molar-refractivity contribution in [2.24, 2.45) is 22.4 Å². The fraction of sp³-hybridized carbons (Fsp3) is 0.579. The third-order valence-electron chi connectivity index (χ3n) is 5.82. The van der Waals surface area contributed by atoms with Gasteiger partial charge in [-0.1, -0.05) is 19.8 Å². The summed E-state index contributed by atoms with van der Waals surface area (Å²) in [5.74, 6) is 0.696. The normalized spacial score (nSPS) is 27.4. The zero-order valence-electron chi connectivity index (χ0n) is 15.4. The number of nitrogens with zero attached hydrogens (tertiary/aromatic N) is 2. The molecule has 26 heavy (non-hydrogen) atoms. The van der Waals surface area contributed by atoms with Crippen LogP contribution >= 0.6 is 0 Å². The number of amides is 1. The minimum Gasteiger partial charge on any atom is -0.487 e. The SMILES string of the molecule is CCOc1ccc(/C(C)=N\NC(=O)[C@@H]2[C@@H]3CCCC[C@@]23C)cc1[N+](=O)[O-]. The van der Waals surface area contributed by atoms with E-state index in [1.165, 1.54) is 18.9 Å². The van der Waals surface area contributed by atoms with E-state index in [0.717, 1.165) is 12.8 Å². The lowest BCUT2D eigenvalue weighted by atomic mass is 9.90. The van der Waals surface area contributed by atoms with Gasteiger partial charge in [-0.15, -0.1) is 0 Å². The highest BCUT2D eigenvalue weighted by Crippen LogP contribution is 2.66. The number of benzene rings is 1. The second-order valence-corrected chi connectivity index (χ2v) is 7.38. The van der Waals surface area contributed by atoms with Gasteiger partial charge in [0.1, 0.15) is 0 Å². The number of ether oxygens (including phenoxy) is 1. The summed E-state index contributed by atoms with van der Waals surface area (Å²) in [5.41, 5.74) is 3.79. The molecular weight excluding hydrogens is 334 g/mol. The fourth-order valence-electron chi connectivity index (χ4n) is 4.29. The number of nitro benzene ring substituents is 1. The van der Waals surface area contributed by atoms with E-state index in [2.05, 4.69) is 17.5 Å². The molecule has 2 aliphatic carbocycles. The van der Waals surface area contributed by atoms with Gasteiger partial charge in [0.15, 0.2) is 5.75 Å². The number of hydrogen-bond donors (Lipinski definition) is 1. The van der Waals surface area contributed by atoms with Crippen LogP contribution in [-0.2, 0) is 4.79 Å². The first-order chi connectivity index (χ1) is 12.4. The van der Waals surface area contributed by atoms with Crippen LogP contribution in [0.5, 0.6) is 5.75 Å². The largest absolute Gasteiger partial charge is 0.487 e. The van der Waals surface area contributed by atoms with Crippen molar-refractivity contribution < 1.29 is 14.5 Å². The van der Waals surface area contributed by atoms with Gasteiger partial charge in [0, 0.05) is 17.5 Å². The van der Waals surface area contributed by atoms with Crippen LogP contribution in [0.3, 0.4) is 0 Å². The van der Waals surface area contributed by atoms with Crippen molar-refractivity contribution in [3.05, 3.63) is 33.9 Å². The first-order valence-electron chi connectivity index (χ1n) is 9.14. The van der Waals surface area contributed by atoms with Crippen LogP contribution in [0.25, 0.3) is 0 Å². The van der Waals surface area contributed by atoms with E-state index in [9.17, 15) is 14.9 Å². The van der Waals surface area contributed by atoms with E-state index in [4.69, 9.17) is 4.74 Å². The van der Waals surface area contributed by atoms with Crippen molar-refractivity contribution in [1.29, 1.82) is 0 Å². The molecule has 1 N–H and O–H groups in total. The van der Waals surface area contributed by atoms with E-state index < -0.39 is 4.92 Å². The van der Waals surface area contributed by atoms with Gasteiger partial charge in [0.25, 0.3) is 0 Å². The zero-order valence-corrected chi connectivity index (χ0v) is 15.4. The summed E-state index contributed by atoms with van der Waals surface area (Å²) in [6.07, 6.45) is 4.60. The highest BCUT2D eigenvalue weighted by atomic mass is 16.6. The predicted octanol–water partition coefficient (Wildman–Crippen LogP) is 3.66. The quantitative estimate of drug-likeness (QED) is 0.476. The molecule has 3 rings (SSSR count). The second kappa shape index (κ2) is 7.05. The molecule has 0 unspecified atom stereocenters. The van der Waals surface area contributed by atoms with E-state index in [-0.39, 0.29) is 28.7 Å². The number of fused-ring (bicyclic) bond motifs is 1. The summed E-state index contributed by atoms with van der Waals surface area (Å²) < 4.78 is 5.28. The van der Waals surface area contributed by atoms with Crippen molar-refractivity contribution in [2.75, 3.05) is 6.61 Å². The van der Waals surface area contributed by atoms with Gasteiger partial charge in [0.05, 0.1) is 17.2 Å². The van der Waals surface area contributed by atoms with Gasteiger partial charge < -0.3 is 4.74 Å². The molecule has 0 aromatic heterocycles. The van der Waals surface area contributed by atoms with E-state index in [0.29, 0.717) is 23.8 Å². The van der Waals surface area contributed by atoms with Gasteiger partial charge >= 0.3 is 5.69 Å². The maximum absolute atomic E-state index is 12.5. The summed E-state index contributed by atoms with van der Waals surface area (Å²) in [6, 6.07) is 4.70. The molecule has 2 fully saturated rings. The van der Waals surface area contributed by atoms with Crippen molar-refractivity contribution in [1.82, 2.24) is 5.43 Å². The first kappa shape index (κ1) is 18.4. The molecule has 0 saturated heterocycles. The third-order valence-corrected chi connectivity index (χ3v) is 5.82. The molecule has 1 aromatic rings. The number of hydrazone groups is 1. The first-order valence-corrected chi connectivity index (χ1v) is 9.14. The van der Waals surface area contributed by atoms with Crippen molar-refractivity contribution in [2.45, 2.75) is 46.5 Å². The predicted molar refractivity (Wildman–Crippen MR) is 98.2 cm³/mol. The third kappa shape index (κ3) is 3.30. The van der Waals surface area contributed by atoms with Crippen LogP contribution in [0, 0.1) is 27.4 Å². The summed E-state index contributed by atoms with van der Waals surface area (Å²) in [5, 5.41) is 15.4. The number of nitro groups is 1. The topological polar surface area (TPSA) is 93.8 Å². The highest BCUT2D eigenvalue weighted by Gasteiger charge is 2.64. The lowest BCUT2D eigenvalue weighted by molar-refractivity contribution is -0.385. The summed E-state index contributed by atoms with van der Waals surface area (Å²) in [4.78, 5) is 23.2. The lowest BCUT2D eigenvalue weighted by Crippen LogP contribution is -2.23. The van der Waals surface area contributed by atoms with Gasteiger partial charge in [0.2, 0.25) is 5.91 Å². The molecule has 0 aliphatic heterocycles. The zero-order chi connectivity index (χ0) is 18.9. The molecule has 0 bridgehead atoms. The molecule has 140 valence electrons. The Hall–Kier alpha value is -2.44. The van der Waals surface area contributed by atoms with Crippen LogP contribution in [0.4, 0.5) is 5.69 Å². The maximum Gasteiger partial charge on any atom is 0.311 e. The van der Waals surface area contributed by atoms with Crippen LogP contribution in [0.15, 0.2) is 23.3 Å². The van der Waals surface area contributed by atoms with Crippen LogP contribution in [-0.4, -0.2) is 23.1 Å². The number of carbonyl (C=O) groups is 1. The smallest absolute Gasteiger partial charge is 0.311 e. The Morgan fingerprint density at radius 2 is 2.23 bits per heavy atom. The molecule has 0 spiro atoms. The molecule has 0 heterocycles. The van der Waals surface area contributed by atoms with E-state index in [1.807, 2.05) is 0 Å². The molecule has 3 atom stereocenters. The van der Waals surface area contributed by atoms with Gasteiger partial charge in [-0.3, -0.25) is 14.9 Å². The van der Waals surface area contributed by atoms with Gasteiger partial charge in [-0.2, -0.15) is 5.10 Å². The average molecular weight is 359 g/mol. The molecule has 1 amide bonds. The molecule has 7 nitrogen and oxygen atoms in total. The van der Waals surface area contributed by atoms with Crippen molar-refractivity contribution in [3.63, 3.8) is 0 Å². The molecule has 2 aliphatic rings. The van der Waals surface area contributed by atoms with Gasteiger partial charge in [-0.05, 0) is 50.2 Å². The average Bonchev–Trinajstić information content (AvgIpc) is 3.25. The highest BCUT2D eigenvalue weighted by molar-refractivity contribution is 6.00. The van der Waals surface area contributed by atoms with Gasteiger partial charge in [-0.25, -0.2) is 5.43 Å². The number of hydrogen-bond acceptors (Lipinski definition) is 5. The minimum absolute atomic E-state index is 0.0382. The fourth-order valence-corrected chi connectivity index (χ4v) is 4.29. The Kier molecular flexibility index (Phi) is 4.98. The van der Waals surface area contributed by atoms with Crippen molar-refractivity contribution >= 4 is 17.3 Å². The Morgan fingerprint density at radius 3 is 2.85 bits per heavy atom. The molecule has 0 radical (unpaired) electrons. The van der Waals surface area contributed by atoms with Crippen molar-refractivity contribution in [3.8, 4) is 5.75 Å². The Labute approximate surface area is 153 Å². The molecule has 1 aromatic carbocycles. The van der Waals surface area contributed by atoms with Crippen LogP contribution in [0.2, 0.25) is 0 Å². The molecule has 2 saturated carbocycles. The Balaban J connectivity index is 1.71. The number of carbonyl (C=O) groups excluding carboxylic acids is 1. The van der Waals surface area contributed by atoms with E-state index >= 15 is 0 Å². The van der Waals surface area contributed by atoms with Crippen LogP contribution < -0.4 is 10.2 Å². The standard InChI is InChI=1S/C19H25N3O4/c1-4-26-16-9-8-13(11-15(16)22(24)25)12(2)20-21-18(23)17-14-7-5-6-10-19(14,17)3/h8-9,11,14,17H,4-7,10H2,1-3H3,(H,21,23)/b20-12-/t14-,17-,19+/m0/s1. The lowest BCUT2D eigenvalue weighted by Gasteiger charge is -2.15. The molecular formula is C19H25N3O4. The summed E-state index contributed by atoms with van der Waals surface area (Å²) >= 11 is 0. The monoisotopic (exact) mass is 359 g/mol. The Morgan fingerprint density at radius 1 is 1.46 bits per heavy atom. The molecule has 7 heteroatoms. The maximum atomic E-state index is 12.5. The Bertz CT molecular complexity index is 761. The number of nitrogens with one attached hydrogen (secondary N) is 1. The van der Waals surface area contributed by atoms with Crippen LogP contribution in [0.1, 0.15) is 52.0 Å². The summed E-state index contributed by atoms with van der Waals surface area (Å²) in [7, 11) is 0.